The molecular weight excluding hydrogens is 359 g/mol. The quantitative estimate of drug-likeness (QED) is 0.381. The van der Waals surface area contributed by atoms with Crippen LogP contribution in [-0.4, -0.2) is 14.9 Å². The van der Waals surface area contributed by atoms with Gasteiger partial charge in [0.15, 0.2) is 8.32 Å². The predicted molar refractivity (Wildman–Crippen MR) is 88.5 cm³/mol. The van der Waals surface area contributed by atoms with Gasteiger partial charge in [-0.1, -0.05) is 20.8 Å². The Bertz CT molecular complexity index is 355. The van der Waals surface area contributed by atoms with Crippen LogP contribution in [0.5, 0.6) is 0 Å². The van der Waals surface area contributed by atoms with Crippen molar-refractivity contribution >= 4 is 42.2 Å². The highest BCUT2D eigenvalue weighted by Gasteiger charge is 2.36. The lowest BCUT2D eigenvalue weighted by Gasteiger charge is -2.36. The lowest BCUT2D eigenvalue weighted by atomic mass is 10.2. The summed E-state index contributed by atoms with van der Waals surface area (Å²) in [5.74, 6) is 0. The number of aryl methyl sites for hydroxylation is 1. The van der Waals surface area contributed by atoms with E-state index in [0.29, 0.717) is 5.04 Å². The van der Waals surface area contributed by atoms with Gasteiger partial charge in [-0.3, -0.25) is 0 Å². The minimum atomic E-state index is -1.54. The average Bonchev–Trinajstić information content (AvgIpc) is 2.57. The zero-order valence-electron chi connectivity index (χ0n) is 11.5. The zero-order chi connectivity index (χ0) is 13.1. The van der Waals surface area contributed by atoms with E-state index in [1.807, 2.05) is 11.3 Å². The number of hydrogen-bond acceptors (Lipinski definition) is 2. The molecule has 0 spiro atoms. The maximum absolute atomic E-state index is 6.17. The second-order valence-electron chi connectivity index (χ2n) is 5.90. The van der Waals surface area contributed by atoms with E-state index < -0.39 is 8.32 Å². The molecule has 0 radical (unpaired) electrons. The normalized spacial score (nSPS) is 13.1. The van der Waals surface area contributed by atoms with Crippen LogP contribution in [0.2, 0.25) is 18.1 Å². The van der Waals surface area contributed by atoms with E-state index in [9.17, 15) is 0 Å². The van der Waals surface area contributed by atoms with Crippen LogP contribution in [0.15, 0.2) is 11.4 Å². The molecule has 98 valence electrons. The van der Waals surface area contributed by atoms with Crippen LogP contribution in [0, 0.1) is 3.57 Å². The van der Waals surface area contributed by atoms with Gasteiger partial charge in [0.05, 0.1) is 0 Å². The molecule has 0 saturated carbocycles. The molecule has 1 aromatic heterocycles. The zero-order valence-corrected chi connectivity index (χ0v) is 15.4. The Morgan fingerprint density at radius 3 is 2.47 bits per heavy atom. The van der Waals surface area contributed by atoms with Gasteiger partial charge in [-0.25, -0.2) is 0 Å². The summed E-state index contributed by atoms with van der Waals surface area (Å²) in [5, 5.41) is 2.50. The highest BCUT2D eigenvalue weighted by atomic mass is 127. The summed E-state index contributed by atoms with van der Waals surface area (Å²) in [6.07, 6.45) is 2.30. The van der Waals surface area contributed by atoms with E-state index in [1.54, 1.807) is 0 Å². The van der Waals surface area contributed by atoms with Gasteiger partial charge in [0.1, 0.15) is 0 Å². The molecule has 1 aromatic rings. The van der Waals surface area contributed by atoms with Crippen LogP contribution in [0.4, 0.5) is 0 Å². The molecule has 17 heavy (non-hydrogen) atoms. The highest BCUT2D eigenvalue weighted by Crippen LogP contribution is 2.36. The summed E-state index contributed by atoms with van der Waals surface area (Å²) in [7, 11) is -1.54. The monoisotopic (exact) mass is 382 g/mol. The molecule has 0 amide bonds. The van der Waals surface area contributed by atoms with E-state index >= 15 is 0 Å². The standard InChI is InChI=1S/C13H23IOSSi/c1-13(2,3)17(4,5)15-9-6-7-12-11(14)8-10-16-12/h8,10H,6-7,9H2,1-5H3. The Morgan fingerprint density at radius 2 is 2.00 bits per heavy atom. The van der Waals surface area contributed by atoms with Crippen LogP contribution in [0.1, 0.15) is 32.1 Å². The molecule has 0 aliphatic heterocycles. The molecule has 0 fully saturated rings. The summed E-state index contributed by atoms with van der Waals surface area (Å²) in [6, 6.07) is 2.19. The molecule has 0 N–H and O–H groups in total. The second-order valence-corrected chi connectivity index (χ2v) is 12.9. The molecule has 0 aliphatic rings. The van der Waals surface area contributed by atoms with E-state index in [2.05, 4.69) is 67.9 Å². The van der Waals surface area contributed by atoms with Crippen LogP contribution < -0.4 is 0 Å². The number of thiophene rings is 1. The van der Waals surface area contributed by atoms with Crippen molar-refractivity contribution in [3.05, 3.63) is 19.9 Å². The predicted octanol–water partition coefficient (Wildman–Crippen LogP) is 5.31. The molecule has 1 heterocycles. The van der Waals surface area contributed by atoms with E-state index in [0.717, 1.165) is 19.4 Å². The van der Waals surface area contributed by atoms with E-state index in [4.69, 9.17) is 4.43 Å². The molecule has 0 unspecified atom stereocenters. The van der Waals surface area contributed by atoms with Crippen molar-refractivity contribution in [3.63, 3.8) is 0 Å². The van der Waals surface area contributed by atoms with Crippen LogP contribution in [0.25, 0.3) is 0 Å². The van der Waals surface area contributed by atoms with E-state index in [1.165, 1.54) is 8.45 Å². The van der Waals surface area contributed by atoms with Crippen molar-refractivity contribution in [2.75, 3.05) is 6.61 Å². The summed E-state index contributed by atoms with van der Waals surface area (Å²) in [6.45, 7) is 12.4. The fourth-order valence-electron chi connectivity index (χ4n) is 1.28. The van der Waals surface area contributed by atoms with Crippen molar-refractivity contribution in [1.82, 2.24) is 0 Å². The van der Waals surface area contributed by atoms with Gasteiger partial charge in [0.2, 0.25) is 0 Å². The van der Waals surface area contributed by atoms with Gasteiger partial charge in [0.25, 0.3) is 0 Å². The molecule has 0 saturated heterocycles. The maximum atomic E-state index is 6.17. The molecule has 0 bridgehead atoms. The highest BCUT2D eigenvalue weighted by molar-refractivity contribution is 14.1. The molecule has 1 rings (SSSR count). The third-order valence-electron chi connectivity index (χ3n) is 3.51. The number of rotatable bonds is 5. The maximum Gasteiger partial charge on any atom is 0.191 e. The fraction of sp³-hybridized carbons (Fsp3) is 0.692. The van der Waals surface area contributed by atoms with Gasteiger partial charge in [0, 0.05) is 15.1 Å². The Morgan fingerprint density at radius 1 is 1.35 bits per heavy atom. The largest absolute Gasteiger partial charge is 0.417 e. The first-order valence-electron chi connectivity index (χ1n) is 6.10. The Hall–Kier alpha value is 0.607. The summed E-state index contributed by atoms with van der Waals surface area (Å²) in [4.78, 5) is 1.50. The smallest absolute Gasteiger partial charge is 0.191 e. The first kappa shape index (κ1) is 15.7. The van der Waals surface area contributed by atoms with Gasteiger partial charge in [-0.15, -0.1) is 11.3 Å². The molecule has 0 aromatic carbocycles. The number of hydrogen-bond donors (Lipinski definition) is 0. The summed E-state index contributed by atoms with van der Waals surface area (Å²) in [5.41, 5.74) is 0. The van der Waals surface area contributed by atoms with Crippen molar-refractivity contribution in [1.29, 1.82) is 0 Å². The summed E-state index contributed by atoms with van der Waals surface area (Å²) < 4.78 is 7.58. The average molecular weight is 382 g/mol. The third-order valence-corrected chi connectivity index (χ3v) is 10.4. The van der Waals surface area contributed by atoms with Crippen molar-refractivity contribution < 1.29 is 4.43 Å². The fourth-order valence-corrected chi connectivity index (χ4v) is 4.25. The van der Waals surface area contributed by atoms with Crippen molar-refractivity contribution in [3.8, 4) is 0 Å². The molecule has 0 aliphatic carbocycles. The molecular formula is C13H23IOSSi. The minimum absolute atomic E-state index is 0.324. The summed E-state index contributed by atoms with van der Waals surface area (Å²) >= 11 is 4.28. The Labute approximate surface area is 124 Å². The van der Waals surface area contributed by atoms with Crippen LogP contribution >= 0.6 is 33.9 Å². The van der Waals surface area contributed by atoms with Gasteiger partial charge < -0.3 is 4.43 Å². The lowest BCUT2D eigenvalue weighted by molar-refractivity contribution is 0.283. The van der Waals surface area contributed by atoms with E-state index in [-0.39, 0.29) is 0 Å². The third kappa shape index (κ3) is 4.65. The van der Waals surface area contributed by atoms with Gasteiger partial charge >= 0.3 is 0 Å². The topological polar surface area (TPSA) is 9.23 Å². The first-order valence-corrected chi connectivity index (χ1v) is 11.0. The first-order chi connectivity index (χ1) is 7.74. The molecule has 0 atom stereocenters. The SMILES string of the molecule is CC(C)(C)[Si](C)(C)OCCCc1sccc1I. The molecule has 1 nitrogen and oxygen atoms in total. The van der Waals surface area contributed by atoms with Crippen LogP contribution in [0.3, 0.4) is 0 Å². The van der Waals surface area contributed by atoms with Crippen molar-refractivity contribution in [2.45, 2.75) is 51.7 Å². The lowest BCUT2D eigenvalue weighted by Crippen LogP contribution is -2.41. The van der Waals surface area contributed by atoms with Gasteiger partial charge in [-0.2, -0.15) is 0 Å². The van der Waals surface area contributed by atoms with Crippen molar-refractivity contribution in [2.24, 2.45) is 0 Å². The molecule has 4 heteroatoms. The minimum Gasteiger partial charge on any atom is -0.417 e. The number of halogens is 1. The second kappa shape index (κ2) is 6.17. The van der Waals surface area contributed by atoms with Crippen LogP contribution in [-0.2, 0) is 10.8 Å². The van der Waals surface area contributed by atoms with Gasteiger partial charge in [-0.05, 0) is 65.0 Å². The Kier molecular flexibility index (Phi) is 5.68. The Balaban J connectivity index is 2.32.